The Balaban J connectivity index is 2.22. The summed E-state index contributed by atoms with van der Waals surface area (Å²) in [6, 6.07) is 9.33. The maximum atomic E-state index is 6.11. The zero-order chi connectivity index (χ0) is 13.1. The molecule has 0 unspecified atom stereocenters. The van der Waals surface area contributed by atoms with E-state index in [2.05, 4.69) is 9.97 Å². The van der Waals surface area contributed by atoms with E-state index in [4.69, 9.17) is 23.1 Å². The first-order chi connectivity index (χ1) is 8.56. The molecule has 1 heterocycles. The van der Waals surface area contributed by atoms with Crippen molar-refractivity contribution in [1.29, 1.82) is 0 Å². The van der Waals surface area contributed by atoms with Crippen LogP contribution < -0.4 is 16.4 Å². The number of halogens is 1. The van der Waals surface area contributed by atoms with Crippen LogP contribution in [0.5, 0.6) is 0 Å². The second-order valence-corrected chi connectivity index (χ2v) is 4.36. The molecular formula is C12H14ClN5. The van der Waals surface area contributed by atoms with Crippen molar-refractivity contribution in [3.8, 4) is 0 Å². The van der Waals surface area contributed by atoms with Crippen molar-refractivity contribution in [3.63, 3.8) is 0 Å². The molecule has 0 aliphatic rings. The minimum absolute atomic E-state index is 0.163. The highest BCUT2D eigenvalue weighted by Crippen LogP contribution is 2.20. The fourth-order valence-corrected chi connectivity index (χ4v) is 1.83. The van der Waals surface area contributed by atoms with Crippen LogP contribution in [0, 0.1) is 0 Å². The Kier molecular flexibility index (Phi) is 3.53. The number of nitrogens with zero attached hydrogens (tertiary/aromatic N) is 3. The van der Waals surface area contributed by atoms with E-state index in [1.54, 1.807) is 6.07 Å². The molecule has 0 aliphatic carbocycles. The molecule has 94 valence electrons. The average molecular weight is 264 g/mol. The molecule has 0 aliphatic heterocycles. The number of hydrogen-bond acceptors (Lipinski definition) is 5. The first kappa shape index (κ1) is 12.4. The molecule has 0 atom stereocenters. The van der Waals surface area contributed by atoms with Crippen LogP contribution in [0.1, 0.15) is 5.56 Å². The molecule has 18 heavy (non-hydrogen) atoms. The largest absolute Gasteiger partial charge is 0.383 e. The minimum atomic E-state index is 0.163. The second-order valence-electron chi connectivity index (χ2n) is 3.96. The number of benzene rings is 1. The van der Waals surface area contributed by atoms with Gasteiger partial charge in [0.25, 0.3) is 0 Å². The van der Waals surface area contributed by atoms with Crippen molar-refractivity contribution < 1.29 is 0 Å². The van der Waals surface area contributed by atoms with Crippen LogP contribution in [0.25, 0.3) is 0 Å². The number of nitrogens with two attached hydrogens (primary N) is 2. The van der Waals surface area contributed by atoms with Gasteiger partial charge in [0, 0.05) is 24.7 Å². The van der Waals surface area contributed by atoms with E-state index < -0.39 is 0 Å². The Labute approximate surface area is 110 Å². The summed E-state index contributed by atoms with van der Waals surface area (Å²) >= 11 is 6.11. The molecule has 0 spiro atoms. The van der Waals surface area contributed by atoms with Crippen LogP contribution in [0.15, 0.2) is 30.3 Å². The van der Waals surface area contributed by atoms with E-state index in [1.807, 2.05) is 36.2 Å². The monoisotopic (exact) mass is 263 g/mol. The third-order valence-corrected chi connectivity index (χ3v) is 2.87. The molecule has 2 aromatic rings. The summed E-state index contributed by atoms with van der Waals surface area (Å²) in [5, 5.41) is 0.722. The summed E-state index contributed by atoms with van der Waals surface area (Å²) in [6.07, 6.45) is 0. The van der Waals surface area contributed by atoms with E-state index in [-0.39, 0.29) is 5.95 Å². The normalized spacial score (nSPS) is 10.3. The van der Waals surface area contributed by atoms with Crippen molar-refractivity contribution in [2.75, 3.05) is 23.4 Å². The van der Waals surface area contributed by atoms with Gasteiger partial charge in [-0.25, -0.2) is 0 Å². The van der Waals surface area contributed by atoms with Crippen molar-refractivity contribution in [2.24, 2.45) is 0 Å². The lowest BCUT2D eigenvalue weighted by molar-refractivity contribution is 0.895. The van der Waals surface area contributed by atoms with Gasteiger partial charge in [0.2, 0.25) is 5.95 Å². The van der Waals surface area contributed by atoms with Crippen LogP contribution in [-0.2, 0) is 6.54 Å². The zero-order valence-corrected chi connectivity index (χ0v) is 10.7. The van der Waals surface area contributed by atoms with Gasteiger partial charge in [-0.3, -0.25) is 0 Å². The van der Waals surface area contributed by atoms with Gasteiger partial charge in [0.1, 0.15) is 11.6 Å². The SMILES string of the molecule is CN(Cc1ccccc1Cl)c1cc(N)nc(N)n1. The van der Waals surface area contributed by atoms with Crippen molar-refractivity contribution in [2.45, 2.75) is 6.54 Å². The van der Waals surface area contributed by atoms with Gasteiger partial charge in [-0.1, -0.05) is 29.8 Å². The van der Waals surface area contributed by atoms with E-state index in [1.165, 1.54) is 0 Å². The van der Waals surface area contributed by atoms with Crippen molar-refractivity contribution >= 4 is 29.2 Å². The van der Waals surface area contributed by atoms with E-state index in [9.17, 15) is 0 Å². The number of nitrogen functional groups attached to an aromatic ring is 2. The average Bonchev–Trinajstić information content (AvgIpc) is 2.31. The number of hydrogen-bond donors (Lipinski definition) is 2. The lowest BCUT2D eigenvalue weighted by Gasteiger charge is -2.19. The first-order valence-electron chi connectivity index (χ1n) is 5.41. The van der Waals surface area contributed by atoms with Crippen LogP contribution in [0.4, 0.5) is 17.6 Å². The molecule has 1 aromatic heterocycles. The topological polar surface area (TPSA) is 81.1 Å². The molecule has 0 saturated heterocycles. The van der Waals surface area contributed by atoms with E-state index in [0.717, 1.165) is 10.6 Å². The summed E-state index contributed by atoms with van der Waals surface area (Å²) in [5.41, 5.74) is 12.2. The maximum Gasteiger partial charge on any atom is 0.223 e. The van der Waals surface area contributed by atoms with Gasteiger partial charge in [-0.15, -0.1) is 0 Å². The third-order valence-electron chi connectivity index (χ3n) is 2.51. The molecule has 0 amide bonds. The Morgan fingerprint density at radius 3 is 2.61 bits per heavy atom. The molecule has 1 aromatic carbocycles. The Hall–Kier alpha value is -2.01. The molecular weight excluding hydrogens is 250 g/mol. The number of rotatable bonds is 3. The lowest BCUT2D eigenvalue weighted by Crippen LogP contribution is -2.19. The first-order valence-corrected chi connectivity index (χ1v) is 5.78. The fourth-order valence-electron chi connectivity index (χ4n) is 1.63. The van der Waals surface area contributed by atoms with Crippen molar-refractivity contribution in [3.05, 3.63) is 40.9 Å². The van der Waals surface area contributed by atoms with Gasteiger partial charge < -0.3 is 16.4 Å². The van der Waals surface area contributed by atoms with Gasteiger partial charge in [-0.2, -0.15) is 9.97 Å². The molecule has 6 heteroatoms. The molecule has 2 rings (SSSR count). The standard InChI is InChI=1S/C12H14ClN5/c1-18(7-8-4-2-3-5-9(8)13)11-6-10(14)16-12(15)17-11/h2-6H,7H2,1H3,(H4,14,15,16,17). The molecule has 0 radical (unpaired) electrons. The summed E-state index contributed by atoms with van der Waals surface area (Å²) in [7, 11) is 1.89. The number of anilines is 3. The maximum absolute atomic E-state index is 6.11. The van der Waals surface area contributed by atoms with Gasteiger partial charge >= 0.3 is 0 Å². The highest BCUT2D eigenvalue weighted by Gasteiger charge is 2.08. The van der Waals surface area contributed by atoms with Crippen LogP contribution in [-0.4, -0.2) is 17.0 Å². The van der Waals surface area contributed by atoms with Crippen LogP contribution in [0.2, 0.25) is 5.02 Å². The van der Waals surface area contributed by atoms with Gasteiger partial charge in [0.15, 0.2) is 0 Å². The van der Waals surface area contributed by atoms with Crippen molar-refractivity contribution in [1.82, 2.24) is 9.97 Å². The fraction of sp³-hybridized carbons (Fsp3) is 0.167. The molecule has 0 fully saturated rings. The lowest BCUT2D eigenvalue weighted by atomic mass is 10.2. The van der Waals surface area contributed by atoms with Gasteiger partial charge in [0.05, 0.1) is 0 Å². The highest BCUT2D eigenvalue weighted by molar-refractivity contribution is 6.31. The predicted octanol–water partition coefficient (Wildman–Crippen LogP) is 1.93. The smallest absolute Gasteiger partial charge is 0.223 e. The van der Waals surface area contributed by atoms with Crippen LogP contribution >= 0.6 is 11.6 Å². The van der Waals surface area contributed by atoms with Gasteiger partial charge in [-0.05, 0) is 11.6 Å². The quantitative estimate of drug-likeness (QED) is 0.884. The summed E-state index contributed by atoms with van der Waals surface area (Å²) < 4.78 is 0. The zero-order valence-electron chi connectivity index (χ0n) is 9.97. The number of aromatic nitrogens is 2. The van der Waals surface area contributed by atoms with E-state index >= 15 is 0 Å². The molecule has 4 N–H and O–H groups in total. The molecule has 5 nitrogen and oxygen atoms in total. The van der Waals surface area contributed by atoms with E-state index in [0.29, 0.717) is 18.2 Å². The Bertz CT molecular complexity index is 538. The summed E-state index contributed by atoms with van der Waals surface area (Å²) in [6.45, 7) is 0.621. The predicted molar refractivity (Wildman–Crippen MR) is 74.4 cm³/mol. The summed E-state index contributed by atoms with van der Waals surface area (Å²) in [4.78, 5) is 9.87. The second kappa shape index (κ2) is 5.10. The Morgan fingerprint density at radius 1 is 1.22 bits per heavy atom. The third kappa shape index (κ3) is 2.81. The highest BCUT2D eigenvalue weighted by atomic mass is 35.5. The molecule has 0 bridgehead atoms. The van der Waals surface area contributed by atoms with Crippen LogP contribution in [0.3, 0.4) is 0 Å². The summed E-state index contributed by atoms with van der Waals surface area (Å²) in [5.74, 6) is 1.18. The molecule has 0 saturated carbocycles. The minimum Gasteiger partial charge on any atom is -0.383 e. The Morgan fingerprint density at radius 2 is 1.94 bits per heavy atom.